The van der Waals surface area contributed by atoms with E-state index in [4.69, 9.17) is 9.16 Å². The van der Waals surface area contributed by atoms with Gasteiger partial charge in [0.15, 0.2) is 6.29 Å². The molecular weight excluding hydrogens is 569 g/mol. The van der Waals surface area contributed by atoms with Crippen molar-refractivity contribution in [1.82, 2.24) is 0 Å². The molecule has 1 atom stereocenters. The van der Waals surface area contributed by atoms with Crippen LogP contribution in [0.2, 0.25) is 0 Å². The summed E-state index contributed by atoms with van der Waals surface area (Å²) in [6.07, 6.45) is 0.643. The van der Waals surface area contributed by atoms with Crippen molar-refractivity contribution in [2.45, 2.75) is 33.5 Å². The summed E-state index contributed by atoms with van der Waals surface area (Å²) in [5, 5.41) is 4.34. The Labute approximate surface area is 267 Å². The lowest BCUT2D eigenvalue weighted by atomic mass is 9.80. The van der Waals surface area contributed by atoms with Crippen LogP contribution in [0.25, 0.3) is 21.9 Å². The first kappa shape index (κ1) is 30.3. The van der Waals surface area contributed by atoms with Gasteiger partial charge >= 0.3 is 0 Å². The molecule has 4 heteroatoms. The Morgan fingerprint density at radius 2 is 1.24 bits per heavy atom. The van der Waals surface area contributed by atoms with E-state index in [1.54, 1.807) is 0 Å². The molecule has 0 aliphatic heterocycles. The highest BCUT2D eigenvalue weighted by Crippen LogP contribution is 2.44. The quantitative estimate of drug-likeness (QED) is 0.116. The highest BCUT2D eigenvalue weighted by atomic mass is 28.3. The maximum absolute atomic E-state index is 13.2. The lowest BCUT2D eigenvalue weighted by Gasteiger charge is -2.36. The van der Waals surface area contributed by atoms with E-state index in [2.05, 4.69) is 112 Å². The molecule has 3 nitrogen and oxygen atoms in total. The van der Waals surface area contributed by atoms with Crippen molar-refractivity contribution in [3.63, 3.8) is 0 Å². The van der Waals surface area contributed by atoms with Gasteiger partial charge in [-0.15, -0.1) is 0 Å². The van der Waals surface area contributed by atoms with Crippen molar-refractivity contribution in [3.8, 4) is 16.9 Å². The summed E-state index contributed by atoms with van der Waals surface area (Å²) in [7, 11) is -1.67. The van der Waals surface area contributed by atoms with Gasteiger partial charge in [0.1, 0.15) is 12.4 Å². The Bertz CT molecular complexity index is 1830. The zero-order valence-corrected chi connectivity index (χ0v) is 26.9. The molecule has 6 aromatic carbocycles. The number of fused-ring (bicyclic) bond motifs is 1. The third kappa shape index (κ3) is 6.83. The van der Waals surface area contributed by atoms with E-state index in [0.29, 0.717) is 12.2 Å². The number of aldehydes is 1. The molecule has 0 aliphatic carbocycles. The van der Waals surface area contributed by atoms with E-state index in [1.807, 2.05) is 54.6 Å². The average Bonchev–Trinajstić information content (AvgIpc) is 3.08. The number of rotatable bonds is 10. The molecular formula is C41H37O3Si. The van der Waals surface area contributed by atoms with Crippen molar-refractivity contribution in [2.24, 2.45) is 5.41 Å². The predicted molar refractivity (Wildman–Crippen MR) is 187 cm³/mol. The Morgan fingerprint density at radius 1 is 0.689 bits per heavy atom. The molecule has 0 N–H and O–H groups in total. The summed E-state index contributed by atoms with van der Waals surface area (Å²) in [6.45, 7) is 7.04. The number of ether oxygens (including phenoxy) is 1. The Morgan fingerprint density at radius 3 is 1.80 bits per heavy atom. The first-order valence-electron chi connectivity index (χ1n) is 15.3. The maximum atomic E-state index is 13.2. The molecule has 6 rings (SSSR count). The summed E-state index contributed by atoms with van der Waals surface area (Å²) in [5.74, 6) is 0.779. The molecule has 0 amide bonds. The van der Waals surface area contributed by atoms with E-state index in [0.717, 1.165) is 55.4 Å². The normalized spacial score (nSPS) is 12.3. The lowest BCUT2D eigenvalue weighted by molar-refractivity contribution is 0.0880. The molecule has 6 aromatic rings. The van der Waals surface area contributed by atoms with Crippen LogP contribution in [0, 0.1) is 5.41 Å². The lowest BCUT2D eigenvalue weighted by Crippen LogP contribution is -2.47. The van der Waals surface area contributed by atoms with Crippen molar-refractivity contribution in [1.29, 1.82) is 0 Å². The SMILES string of the molecule is CC(C)(C)C(O[Si](c1ccccc1)c1ccccc1)c1cc2cc(OCc3ccccc3)ccc2c(-c2ccccc2)c1C=O. The van der Waals surface area contributed by atoms with Crippen molar-refractivity contribution >= 4 is 36.5 Å². The number of carbonyl (C=O) groups is 1. The fourth-order valence-electron chi connectivity index (χ4n) is 5.82. The molecule has 1 radical (unpaired) electrons. The summed E-state index contributed by atoms with van der Waals surface area (Å²) >= 11 is 0. The molecule has 0 heterocycles. The fraction of sp³-hybridized carbons (Fsp3) is 0.146. The zero-order chi connectivity index (χ0) is 31.2. The minimum absolute atomic E-state index is 0.319. The summed E-state index contributed by atoms with van der Waals surface area (Å²) < 4.78 is 13.6. The Kier molecular flexibility index (Phi) is 9.06. The molecule has 0 bridgehead atoms. The van der Waals surface area contributed by atoms with Gasteiger partial charge in [-0.3, -0.25) is 4.79 Å². The minimum Gasteiger partial charge on any atom is -0.489 e. The second kappa shape index (κ2) is 13.5. The number of benzene rings is 6. The first-order valence-corrected chi connectivity index (χ1v) is 16.8. The van der Waals surface area contributed by atoms with Gasteiger partial charge in [-0.1, -0.05) is 148 Å². The standard InChI is InChI=1S/C41H37O3Si/c1-41(2,3)40(44-45(34-20-12-6-13-21-34)35-22-14-7-15-23-35)37-27-32-26-33(43-29-30-16-8-4-9-17-30)24-25-36(32)39(38(37)28-42)31-18-10-5-11-19-31/h4-28,40H,29H2,1-3H3. The summed E-state index contributed by atoms with van der Waals surface area (Å²) in [4.78, 5) is 13.2. The van der Waals surface area contributed by atoms with Gasteiger partial charge < -0.3 is 9.16 Å². The highest BCUT2D eigenvalue weighted by Gasteiger charge is 2.35. The maximum Gasteiger partial charge on any atom is 0.283 e. The largest absolute Gasteiger partial charge is 0.489 e. The highest BCUT2D eigenvalue weighted by molar-refractivity contribution is 6.80. The van der Waals surface area contributed by atoms with E-state index in [9.17, 15) is 4.79 Å². The molecule has 0 saturated carbocycles. The van der Waals surface area contributed by atoms with Crippen LogP contribution in [0.15, 0.2) is 146 Å². The second-order valence-corrected chi connectivity index (χ2v) is 14.4. The first-order chi connectivity index (χ1) is 21.9. The average molecular weight is 606 g/mol. The molecule has 1 unspecified atom stereocenters. The smallest absolute Gasteiger partial charge is 0.283 e. The van der Waals surface area contributed by atoms with Gasteiger partial charge in [0.05, 0.1) is 6.10 Å². The molecule has 0 spiro atoms. The van der Waals surface area contributed by atoms with Crippen LogP contribution < -0.4 is 15.1 Å². The topological polar surface area (TPSA) is 35.5 Å². The fourth-order valence-corrected chi connectivity index (χ4v) is 8.13. The molecule has 223 valence electrons. The van der Waals surface area contributed by atoms with E-state index in [-0.39, 0.29) is 11.5 Å². The van der Waals surface area contributed by atoms with Gasteiger partial charge in [-0.25, -0.2) is 0 Å². The van der Waals surface area contributed by atoms with Gasteiger partial charge in [0.2, 0.25) is 0 Å². The Hall–Kier alpha value is -4.77. The molecule has 0 saturated heterocycles. The van der Waals surface area contributed by atoms with E-state index in [1.165, 1.54) is 0 Å². The summed E-state index contributed by atoms with van der Waals surface area (Å²) in [6, 6.07) is 49.6. The third-order valence-corrected chi connectivity index (χ3v) is 10.2. The molecule has 0 aliphatic rings. The van der Waals surface area contributed by atoms with Crippen molar-refractivity contribution in [2.75, 3.05) is 0 Å². The minimum atomic E-state index is -1.67. The van der Waals surface area contributed by atoms with Crippen LogP contribution in [0.4, 0.5) is 0 Å². The second-order valence-electron chi connectivity index (χ2n) is 12.3. The van der Waals surface area contributed by atoms with Crippen molar-refractivity contribution < 1.29 is 14.0 Å². The van der Waals surface area contributed by atoms with Crippen molar-refractivity contribution in [3.05, 3.63) is 162 Å². The number of hydrogen-bond donors (Lipinski definition) is 0. The summed E-state index contributed by atoms with van der Waals surface area (Å²) in [5.41, 5.74) is 4.25. The van der Waals surface area contributed by atoms with E-state index >= 15 is 0 Å². The molecule has 0 aromatic heterocycles. The monoisotopic (exact) mass is 605 g/mol. The van der Waals surface area contributed by atoms with Gasteiger partial charge in [0.25, 0.3) is 9.04 Å². The van der Waals surface area contributed by atoms with Gasteiger partial charge in [-0.2, -0.15) is 0 Å². The number of carbonyl (C=O) groups excluding carboxylic acids is 1. The van der Waals surface area contributed by atoms with E-state index < -0.39 is 9.04 Å². The van der Waals surface area contributed by atoms with Crippen LogP contribution in [0.1, 0.15) is 48.4 Å². The molecule has 0 fully saturated rings. The zero-order valence-electron chi connectivity index (χ0n) is 25.9. The van der Waals surface area contributed by atoms with Crippen LogP contribution in [-0.2, 0) is 11.0 Å². The third-order valence-electron chi connectivity index (χ3n) is 7.99. The van der Waals surface area contributed by atoms with Crippen LogP contribution in [-0.4, -0.2) is 15.3 Å². The van der Waals surface area contributed by atoms with Crippen LogP contribution >= 0.6 is 0 Å². The molecule has 45 heavy (non-hydrogen) atoms. The number of hydrogen-bond acceptors (Lipinski definition) is 3. The van der Waals surface area contributed by atoms with Gasteiger partial charge in [-0.05, 0) is 61.5 Å². The predicted octanol–water partition coefficient (Wildman–Crippen LogP) is 8.81. The van der Waals surface area contributed by atoms with Crippen LogP contribution in [0.3, 0.4) is 0 Å². The van der Waals surface area contributed by atoms with Gasteiger partial charge in [0, 0.05) is 11.1 Å². The Balaban J connectivity index is 1.52. The van der Waals surface area contributed by atoms with Crippen LogP contribution in [0.5, 0.6) is 5.75 Å².